The molecule has 0 heterocycles. The molecule has 462 valence electrons. The molecule has 0 aliphatic heterocycles. The summed E-state index contributed by atoms with van der Waals surface area (Å²) in [6, 6.07) is 0. The van der Waals surface area contributed by atoms with E-state index in [-0.39, 0.29) is 50.4 Å². The first-order valence-electron chi connectivity index (χ1n) is 32.9. The second-order valence-corrected chi connectivity index (χ2v) is 20.9. The van der Waals surface area contributed by atoms with Crippen molar-refractivity contribution in [3.05, 3.63) is 194 Å². The number of carbonyl (C=O) groups is 3. The molecule has 0 saturated carbocycles. The highest BCUT2D eigenvalue weighted by Crippen LogP contribution is 2.13. The number of hydrogen-bond donors (Lipinski definition) is 0. The topological polar surface area (TPSA) is 78.9 Å². The number of rotatable bonds is 57. The molecular formula is C77H118O6. The smallest absolute Gasteiger partial charge is 0.306 e. The lowest BCUT2D eigenvalue weighted by atomic mass is 10.1. The monoisotopic (exact) mass is 1140 g/mol. The van der Waals surface area contributed by atoms with Gasteiger partial charge in [-0.2, -0.15) is 0 Å². The van der Waals surface area contributed by atoms with Crippen LogP contribution in [0.4, 0.5) is 0 Å². The average Bonchev–Trinajstić information content (AvgIpc) is 3.49. The Kier molecular flexibility index (Phi) is 64.0. The Bertz CT molecular complexity index is 1990. The minimum atomic E-state index is -0.851. The number of allylic oxidation sites excluding steroid dienone is 32. The van der Waals surface area contributed by atoms with Gasteiger partial charge in [-0.25, -0.2) is 0 Å². The predicted octanol–water partition coefficient (Wildman–Crippen LogP) is 23.0. The van der Waals surface area contributed by atoms with Crippen LogP contribution in [0, 0.1) is 0 Å². The van der Waals surface area contributed by atoms with Crippen LogP contribution in [0.25, 0.3) is 0 Å². The molecule has 0 aromatic heterocycles. The minimum absolute atomic E-state index is 0.145. The van der Waals surface area contributed by atoms with Crippen LogP contribution in [0.2, 0.25) is 0 Å². The molecule has 0 bridgehead atoms. The SMILES string of the molecule is CC/C=C\C/C=C\C/C=C\C/C=C\C/C=C\C/C=C\C/C=C\CCCC(=O)OCC(COC(=O)CC/C=C\C/C=C\C/C=C\C/C=C\C/C=C\C/C=C\CC)OC(=O)CCCCCCCCCC/C=C\C/C=C\C/C=C\CCCCCCC. The van der Waals surface area contributed by atoms with Gasteiger partial charge in [-0.05, 0) is 148 Å². The highest BCUT2D eigenvalue weighted by molar-refractivity contribution is 5.71. The molecule has 0 fully saturated rings. The van der Waals surface area contributed by atoms with Crippen LogP contribution in [-0.2, 0) is 28.6 Å². The Labute approximate surface area is 509 Å². The summed E-state index contributed by atoms with van der Waals surface area (Å²) in [5.74, 6) is -1.10. The highest BCUT2D eigenvalue weighted by atomic mass is 16.6. The van der Waals surface area contributed by atoms with Gasteiger partial charge in [0.05, 0.1) is 0 Å². The number of ether oxygens (including phenoxy) is 3. The fourth-order valence-electron chi connectivity index (χ4n) is 8.23. The number of unbranched alkanes of at least 4 members (excludes halogenated alkanes) is 14. The van der Waals surface area contributed by atoms with Crippen LogP contribution in [0.1, 0.15) is 252 Å². The molecule has 1 unspecified atom stereocenters. The second-order valence-electron chi connectivity index (χ2n) is 20.9. The van der Waals surface area contributed by atoms with Crippen molar-refractivity contribution >= 4 is 17.9 Å². The van der Waals surface area contributed by atoms with E-state index in [0.29, 0.717) is 12.8 Å². The number of hydrogen-bond acceptors (Lipinski definition) is 6. The fourth-order valence-corrected chi connectivity index (χ4v) is 8.23. The van der Waals surface area contributed by atoms with E-state index in [4.69, 9.17) is 14.2 Å². The first-order valence-corrected chi connectivity index (χ1v) is 32.9. The highest BCUT2D eigenvalue weighted by Gasteiger charge is 2.19. The molecule has 0 N–H and O–H groups in total. The maximum atomic E-state index is 12.9. The third-order valence-corrected chi connectivity index (χ3v) is 13.1. The van der Waals surface area contributed by atoms with Crippen molar-refractivity contribution in [2.24, 2.45) is 0 Å². The Morgan fingerprint density at radius 3 is 0.843 bits per heavy atom. The first kappa shape index (κ1) is 77.2. The molecule has 6 heteroatoms. The van der Waals surface area contributed by atoms with Crippen LogP contribution < -0.4 is 0 Å². The number of esters is 3. The molecule has 0 aliphatic carbocycles. The molecule has 0 spiro atoms. The Hall–Kier alpha value is -5.75. The molecule has 0 aromatic rings. The van der Waals surface area contributed by atoms with Crippen molar-refractivity contribution in [2.75, 3.05) is 13.2 Å². The molecule has 0 amide bonds. The minimum Gasteiger partial charge on any atom is -0.462 e. The summed E-state index contributed by atoms with van der Waals surface area (Å²) in [6.45, 7) is 6.27. The summed E-state index contributed by atoms with van der Waals surface area (Å²) in [4.78, 5) is 38.4. The third-order valence-electron chi connectivity index (χ3n) is 13.1. The van der Waals surface area contributed by atoms with E-state index in [1.165, 1.54) is 64.2 Å². The van der Waals surface area contributed by atoms with Crippen LogP contribution in [0.5, 0.6) is 0 Å². The van der Waals surface area contributed by atoms with Gasteiger partial charge in [-0.15, -0.1) is 0 Å². The lowest BCUT2D eigenvalue weighted by molar-refractivity contribution is -0.166. The Morgan fingerprint density at radius 1 is 0.253 bits per heavy atom. The van der Waals surface area contributed by atoms with E-state index >= 15 is 0 Å². The zero-order valence-corrected chi connectivity index (χ0v) is 52.9. The largest absolute Gasteiger partial charge is 0.462 e. The predicted molar refractivity (Wildman–Crippen MR) is 361 cm³/mol. The van der Waals surface area contributed by atoms with Gasteiger partial charge in [0.15, 0.2) is 6.10 Å². The van der Waals surface area contributed by atoms with Gasteiger partial charge in [0.1, 0.15) is 13.2 Å². The van der Waals surface area contributed by atoms with Crippen LogP contribution >= 0.6 is 0 Å². The van der Waals surface area contributed by atoms with Gasteiger partial charge in [0.2, 0.25) is 0 Å². The van der Waals surface area contributed by atoms with Crippen molar-refractivity contribution in [2.45, 2.75) is 258 Å². The van der Waals surface area contributed by atoms with Crippen molar-refractivity contribution in [3.8, 4) is 0 Å². The fraction of sp³-hybridized carbons (Fsp3) is 0.545. The molecule has 6 nitrogen and oxygen atoms in total. The summed E-state index contributed by atoms with van der Waals surface area (Å²) in [7, 11) is 0. The van der Waals surface area contributed by atoms with E-state index in [1.54, 1.807) is 0 Å². The number of carbonyl (C=O) groups excluding carboxylic acids is 3. The maximum absolute atomic E-state index is 12.9. The van der Waals surface area contributed by atoms with E-state index in [0.717, 1.165) is 135 Å². The molecule has 83 heavy (non-hydrogen) atoms. The summed E-state index contributed by atoms with van der Waals surface area (Å²) in [5, 5.41) is 0. The van der Waals surface area contributed by atoms with Crippen molar-refractivity contribution in [1.29, 1.82) is 0 Å². The zero-order valence-electron chi connectivity index (χ0n) is 52.9. The van der Waals surface area contributed by atoms with Gasteiger partial charge in [-0.3, -0.25) is 14.4 Å². The third kappa shape index (κ3) is 66.9. The van der Waals surface area contributed by atoms with Crippen LogP contribution in [-0.4, -0.2) is 37.2 Å². The van der Waals surface area contributed by atoms with Crippen LogP contribution in [0.15, 0.2) is 194 Å². The van der Waals surface area contributed by atoms with E-state index in [2.05, 4.69) is 203 Å². The van der Waals surface area contributed by atoms with Gasteiger partial charge < -0.3 is 14.2 Å². The average molecular weight is 1140 g/mol. The molecular weight excluding hydrogens is 1020 g/mol. The molecule has 0 aliphatic rings. The lowest BCUT2D eigenvalue weighted by Crippen LogP contribution is -2.30. The van der Waals surface area contributed by atoms with Crippen molar-refractivity contribution in [1.82, 2.24) is 0 Å². The quantitative estimate of drug-likeness (QED) is 0.0261. The van der Waals surface area contributed by atoms with Crippen molar-refractivity contribution in [3.63, 3.8) is 0 Å². The summed E-state index contributed by atoms with van der Waals surface area (Å²) in [6.07, 6.45) is 104. The normalized spacial score (nSPS) is 13.4. The van der Waals surface area contributed by atoms with Gasteiger partial charge in [0.25, 0.3) is 0 Å². The van der Waals surface area contributed by atoms with E-state index in [1.807, 2.05) is 12.2 Å². The van der Waals surface area contributed by atoms with Crippen molar-refractivity contribution < 1.29 is 28.6 Å². The standard InChI is InChI=1S/C77H118O6/c1-4-7-10-13-16-19-22-25-28-31-34-36-38-40-43-46-49-52-55-58-61-64-67-70-76(79)82-73-74(72-81-75(78)69-66-63-60-57-54-51-48-45-42-33-30-27-24-21-18-15-12-9-6-3)83-77(80)71-68-65-62-59-56-53-50-47-44-41-39-37-35-32-29-26-23-20-17-14-11-8-5-2/h7,9-10,12,16,18-19,21,23,25-28,30,32,34-36,39-43,45,49,51-52,54,58,60-61,63,74H,4-6,8,11,13-15,17,20,22,24,29,31,33,37-38,44,46-48,50,53,55-57,59,62,64-73H2,1-3H3/b10-7-,12-9-,19-16-,21-18-,26-23-,28-25-,30-27-,35-32-,36-34-,41-39-,43-40-,45-42-,52-49-,54-51-,61-58-,63-60-. The molecule has 0 saturated heterocycles. The van der Waals surface area contributed by atoms with Gasteiger partial charge in [0, 0.05) is 19.3 Å². The van der Waals surface area contributed by atoms with E-state index < -0.39 is 6.10 Å². The van der Waals surface area contributed by atoms with Crippen LogP contribution in [0.3, 0.4) is 0 Å². The summed E-state index contributed by atoms with van der Waals surface area (Å²) >= 11 is 0. The second kappa shape index (κ2) is 68.7. The maximum Gasteiger partial charge on any atom is 0.306 e. The zero-order chi connectivity index (χ0) is 59.9. The van der Waals surface area contributed by atoms with E-state index in [9.17, 15) is 14.4 Å². The first-order chi connectivity index (χ1) is 41.0. The van der Waals surface area contributed by atoms with Gasteiger partial charge in [-0.1, -0.05) is 279 Å². The molecule has 0 rings (SSSR count). The molecule has 0 aromatic carbocycles. The Morgan fingerprint density at radius 2 is 0.506 bits per heavy atom. The molecule has 0 radical (unpaired) electrons. The molecule has 1 atom stereocenters. The van der Waals surface area contributed by atoms with Gasteiger partial charge >= 0.3 is 17.9 Å². The summed E-state index contributed by atoms with van der Waals surface area (Å²) in [5.41, 5.74) is 0. The Balaban J connectivity index is 4.64. The summed E-state index contributed by atoms with van der Waals surface area (Å²) < 4.78 is 16.8. The lowest BCUT2D eigenvalue weighted by Gasteiger charge is -2.18.